The summed E-state index contributed by atoms with van der Waals surface area (Å²) in [7, 11) is 0. The highest BCUT2D eigenvalue weighted by Crippen LogP contribution is 2.53. The number of benzene rings is 4. The van der Waals surface area contributed by atoms with Crippen molar-refractivity contribution in [2.75, 3.05) is 10.2 Å². The number of anilines is 2. The number of amides is 3. The van der Waals surface area contributed by atoms with E-state index in [1.54, 1.807) is 24.3 Å². The van der Waals surface area contributed by atoms with Gasteiger partial charge in [0.25, 0.3) is 0 Å². The van der Waals surface area contributed by atoms with Crippen LogP contribution >= 0.6 is 23.1 Å². The van der Waals surface area contributed by atoms with Crippen molar-refractivity contribution in [3.63, 3.8) is 0 Å². The second-order valence-corrected chi connectivity index (χ2v) is 12.1. The van der Waals surface area contributed by atoms with Crippen molar-refractivity contribution in [1.29, 1.82) is 0 Å². The van der Waals surface area contributed by atoms with Crippen molar-refractivity contribution in [3.05, 3.63) is 123 Å². The Balaban J connectivity index is 1.27. The van der Waals surface area contributed by atoms with Crippen LogP contribution in [0.1, 0.15) is 16.4 Å². The predicted octanol–water partition coefficient (Wildman–Crippen LogP) is 5.50. The van der Waals surface area contributed by atoms with E-state index in [0.29, 0.717) is 21.3 Å². The molecule has 202 valence electrons. The van der Waals surface area contributed by atoms with Crippen LogP contribution in [0.3, 0.4) is 0 Å². The molecule has 2 aliphatic heterocycles. The Hall–Kier alpha value is -4.47. The third-order valence-corrected chi connectivity index (χ3v) is 10.2. The number of nitrogens with one attached hydrogen (secondary N) is 1. The number of aromatic nitrogens is 1. The number of hydrogen-bond donors (Lipinski definition) is 1. The quantitative estimate of drug-likeness (QED) is 0.279. The van der Waals surface area contributed by atoms with Crippen molar-refractivity contribution in [1.82, 2.24) is 4.57 Å². The molecule has 2 aliphatic rings. The van der Waals surface area contributed by atoms with Gasteiger partial charge in [0.2, 0.25) is 17.7 Å². The maximum Gasteiger partial charge on any atom is 0.308 e. The van der Waals surface area contributed by atoms with Crippen molar-refractivity contribution >= 4 is 63.0 Å². The van der Waals surface area contributed by atoms with Gasteiger partial charge in [-0.15, -0.1) is 0 Å². The fourth-order valence-corrected chi connectivity index (χ4v) is 8.55. The third kappa shape index (κ3) is 4.29. The van der Waals surface area contributed by atoms with Crippen molar-refractivity contribution in [2.45, 2.75) is 22.7 Å². The molecule has 1 aromatic heterocycles. The molecule has 41 heavy (non-hydrogen) atoms. The molecule has 1 fully saturated rings. The minimum Gasteiger partial charge on any atom is -0.324 e. The number of rotatable bonds is 5. The summed E-state index contributed by atoms with van der Waals surface area (Å²) in [5, 5.41) is 4.71. The van der Waals surface area contributed by atoms with Crippen LogP contribution in [0.5, 0.6) is 0 Å². The number of hydrogen-bond acceptors (Lipinski definition) is 6. The fourth-order valence-electron chi connectivity index (χ4n) is 5.77. The molecule has 4 aromatic carbocycles. The topological polar surface area (TPSA) is 88.5 Å². The van der Waals surface area contributed by atoms with E-state index in [0.717, 1.165) is 27.7 Å². The van der Waals surface area contributed by atoms with Crippen LogP contribution in [0, 0.1) is 5.92 Å². The molecule has 9 heteroatoms. The van der Waals surface area contributed by atoms with Crippen LogP contribution in [0.25, 0.3) is 10.8 Å². The lowest BCUT2D eigenvalue weighted by atomic mass is 9.83. The molecule has 7 nitrogen and oxygen atoms in total. The van der Waals surface area contributed by atoms with Crippen molar-refractivity contribution < 1.29 is 14.4 Å². The summed E-state index contributed by atoms with van der Waals surface area (Å²) in [5.74, 6) is -2.09. The Kier molecular flexibility index (Phi) is 6.33. The Labute approximate surface area is 243 Å². The van der Waals surface area contributed by atoms with Gasteiger partial charge < -0.3 is 5.32 Å². The lowest BCUT2D eigenvalue weighted by molar-refractivity contribution is -0.122. The summed E-state index contributed by atoms with van der Waals surface area (Å²) in [4.78, 5) is 56.0. The number of thiazole rings is 1. The molecular weight excluding hydrogens is 555 g/mol. The van der Waals surface area contributed by atoms with Gasteiger partial charge in [-0.1, -0.05) is 108 Å². The van der Waals surface area contributed by atoms with E-state index in [4.69, 9.17) is 0 Å². The summed E-state index contributed by atoms with van der Waals surface area (Å²) in [6.45, 7) is -0.204. The van der Waals surface area contributed by atoms with E-state index in [1.165, 1.54) is 21.2 Å². The van der Waals surface area contributed by atoms with Gasteiger partial charge in [-0.25, -0.2) is 4.90 Å². The third-order valence-electron chi connectivity index (χ3n) is 7.59. The first-order valence-electron chi connectivity index (χ1n) is 13.2. The number of para-hydroxylation sites is 1. The smallest absolute Gasteiger partial charge is 0.308 e. The molecule has 3 amide bonds. The van der Waals surface area contributed by atoms with E-state index < -0.39 is 17.1 Å². The molecule has 0 bridgehead atoms. The summed E-state index contributed by atoms with van der Waals surface area (Å²) in [6, 6.07) is 31.9. The Morgan fingerprint density at radius 3 is 2.24 bits per heavy atom. The maximum absolute atomic E-state index is 13.9. The van der Waals surface area contributed by atoms with E-state index >= 15 is 0 Å². The summed E-state index contributed by atoms with van der Waals surface area (Å²) < 4.78 is 1.44. The van der Waals surface area contributed by atoms with E-state index in [1.807, 2.05) is 78.9 Å². The zero-order valence-electron chi connectivity index (χ0n) is 21.6. The molecule has 1 saturated heterocycles. The van der Waals surface area contributed by atoms with Crippen LogP contribution in [0.15, 0.2) is 113 Å². The van der Waals surface area contributed by atoms with Gasteiger partial charge in [0.1, 0.15) is 11.8 Å². The number of nitrogens with zero attached hydrogens (tertiary/aromatic N) is 2. The number of thioether (sulfide) groups is 1. The first-order chi connectivity index (χ1) is 20.0. The zero-order valence-corrected chi connectivity index (χ0v) is 23.2. The lowest BCUT2D eigenvalue weighted by Crippen LogP contribution is -2.33. The maximum atomic E-state index is 13.9. The van der Waals surface area contributed by atoms with Crippen molar-refractivity contribution in [3.8, 4) is 0 Å². The first kappa shape index (κ1) is 25.5. The second-order valence-electron chi connectivity index (χ2n) is 10.00. The number of carbonyl (C=O) groups is 3. The standard InChI is InChI=1S/C32H23N3O4S2/c36-24(33-23-17-9-13-19-10-7-8-16-22(19)23)18-34-31-28(41-32(34)39)25(20-11-3-1-4-12-20)26-27(40-31)30(38)35(29(26)37)21-14-5-2-6-15-21/h1-17,25-27H,18H2,(H,33,36)/t25-,26-,27+/m0/s1. The number of fused-ring (bicyclic) bond motifs is 3. The summed E-state index contributed by atoms with van der Waals surface area (Å²) >= 11 is 2.26. The number of imide groups is 1. The second kappa shape index (κ2) is 10.2. The van der Waals surface area contributed by atoms with Gasteiger partial charge >= 0.3 is 4.87 Å². The molecule has 0 aliphatic carbocycles. The fraction of sp³-hybridized carbons (Fsp3) is 0.125. The molecule has 3 atom stereocenters. The molecule has 0 saturated carbocycles. The molecular formula is C32H23N3O4S2. The highest BCUT2D eigenvalue weighted by molar-refractivity contribution is 8.00. The molecule has 1 N–H and O–H groups in total. The van der Waals surface area contributed by atoms with Crippen molar-refractivity contribution in [2.24, 2.45) is 5.92 Å². The van der Waals surface area contributed by atoms with Gasteiger partial charge in [-0.2, -0.15) is 0 Å². The minimum absolute atomic E-state index is 0.204. The minimum atomic E-state index is -0.721. The van der Waals surface area contributed by atoms with Crippen LogP contribution in [-0.2, 0) is 20.9 Å². The highest BCUT2D eigenvalue weighted by atomic mass is 32.2. The summed E-state index contributed by atoms with van der Waals surface area (Å²) in [5.41, 5.74) is 2.04. The SMILES string of the molecule is O=C(Cn1c2c(sc1=O)[C@@H](c1ccccc1)[C@@H]1C(=O)N(c3ccccc3)C(=O)[C@@H]1S2)Nc1cccc2ccccc12. The van der Waals surface area contributed by atoms with Crippen LogP contribution in [0.4, 0.5) is 11.4 Å². The zero-order chi connectivity index (χ0) is 28.1. The largest absolute Gasteiger partial charge is 0.324 e. The van der Waals surface area contributed by atoms with E-state index in [2.05, 4.69) is 5.32 Å². The normalized spacial score (nSPS) is 19.7. The van der Waals surface area contributed by atoms with Crippen LogP contribution in [0.2, 0.25) is 0 Å². The van der Waals surface area contributed by atoms with Gasteiger partial charge in [0.15, 0.2) is 0 Å². The van der Waals surface area contributed by atoms with E-state index in [9.17, 15) is 19.2 Å². The van der Waals surface area contributed by atoms with Gasteiger partial charge in [-0.05, 0) is 29.1 Å². The van der Waals surface area contributed by atoms with E-state index in [-0.39, 0.29) is 29.1 Å². The van der Waals surface area contributed by atoms with Gasteiger partial charge in [0, 0.05) is 21.9 Å². The monoisotopic (exact) mass is 577 g/mol. The molecule has 0 spiro atoms. The molecule has 0 unspecified atom stereocenters. The first-order valence-corrected chi connectivity index (χ1v) is 14.9. The molecule has 5 aromatic rings. The Morgan fingerprint density at radius 2 is 1.46 bits per heavy atom. The lowest BCUT2D eigenvalue weighted by Gasteiger charge is -2.30. The average molecular weight is 578 g/mol. The van der Waals surface area contributed by atoms with Gasteiger partial charge in [0.05, 0.1) is 16.6 Å². The Morgan fingerprint density at radius 1 is 0.780 bits per heavy atom. The van der Waals surface area contributed by atoms with Crippen LogP contribution in [-0.4, -0.2) is 27.5 Å². The highest BCUT2D eigenvalue weighted by Gasteiger charge is 2.56. The molecule has 3 heterocycles. The van der Waals surface area contributed by atoms with Crippen LogP contribution < -0.4 is 15.1 Å². The van der Waals surface area contributed by atoms with Gasteiger partial charge in [-0.3, -0.25) is 23.7 Å². The average Bonchev–Trinajstić information content (AvgIpc) is 3.44. The molecule has 7 rings (SSSR count). The Bertz CT molecular complexity index is 1880. The summed E-state index contributed by atoms with van der Waals surface area (Å²) in [6.07, 6.45) is 0. The predicted molar refractivity (Wildman–Crippen MR) is 162 cm³/mol. The number of carbonyl (C=O) groups excluding carboxylic acids is 3. The molecule has 0 radical (unpaired) electrons.